The maximum atomic E-state index is 12.3. The fourth-order valence-electron chi connectivity index (χ4n) is 2.74. The van der Waals surface area contributed by atoms with Gasteiger partial charge in [0.1, 0.15) is 5.75 Å². The van der Waals surface area contributed by atoms with Crippen LogP contribution in [0.15, 0.2) is 47.8 Å². The lowest BCUT2D eigenvalue weighted by Gasteiger charge is -2.14. The van der Waals surface area contributed by atoms with Gasteiger partial charge in [-0.1, -0.05) is 6.07 Å². The quantitative estimate of drug-likeness (QED) is 0.742. The van der Waals surface area contributed by atoms with Crippen molar-refractivity contribution in [2.45, 2.75) is 20.4 Å². The van der Waals surface area contributed by atoms with Crippen molar-refractivity contribution in [2.24, 2.45) is 0 Å². The number of nitrogens with one attached hydrogen (secondary N) is 1. The lowest BCUT2D eigenvalue weighted by atomic mass is 10.0. The second kappa shape index (κ2) is 7.49. The van der Waals surface area contributed by atoms with Gasteiger partial charge < -0.3 is 10.1 Å². The van der Waals surface area contributed by atoms with E-state index in [0.29, 0.717) is 11.4 Å². The Morgan fingerprint density at radius 2 is 1.96 bits per heavy atom. The van der Waals surface area contributed by atoms with Crippen molar-refractivity contribution < 1.29 is 9.53 Å². The number of carbonyl (C=O) groups is 1. The number of aryl methyl sites for hydroxylation is 2. The summed E-state index contributed by atoms with van der Waals surface area (Å²) < 4.78 is 5.23. The van der Waals surface area contributed by atoms with Gasteiger partial charge >= 0.3 is 0 Å². The molecule has 5 heteroatoms. The second-order valence-electron chi connectivity index (χ2n) is 5.80. The van der Waals surface area contributed by atoms with E-state index in [2.05, 4.69) is 5.32 Å². The van der Waals surface area contributed by atoms with Crippen molar-refractivity contribution in [3.63, 3.8) is 0 Å². The van der Waals surface area contributed by atoms with Gasteiger partial charge in [-0.25, -0.2) is 0 Å². The molecule has 1 N–H and O–H groups in total. The number of thiophene rings is 1. The van der Waals surface area contributed by atoms with Crippen molar-refractivity contribution in [1.82, 2.24) is 10.3 Å². The van der Waals surface area contributed by atoms with Crippen molar-refractivity contribution in [3.05, 3.63) is 69.5 Å². The molecule has 0 saturated carbocycles. The largest absolute Gasteiger partial charge is 0.497 e. The molecule has 25 heavy (non-hydrogen) atoms. The molecule has 4 nitrogen and oxygen atoms in total. The van der Waals surface area contributed by atoms with Crippen LogP contribution in [-0.4, -0.2) is 18.0 Å². The first kappa shape index (κ1) is 17.2. The SMILES string of the molecule is COc1ccc(-c2nc(C)cc(C)c2CNC(=O)c2cccs2)cc1. The molecule has 3 rings (SSSR count). The molecule has 3 aromatic rings. The maximum absolute atomic E-state index is 12.3. The number of aromatic nitrogens is 1. The van der Waals surface area contributed by atoms with Gasteiger partial charge in [-0.15, -0.1) is 11.3 Å². The summed E-state index contributed by atoms with van der Waals surface area (Å²) in [5.74, 6) is 0.747. The average molecular weight is 352 g/mol. The Labute approximate surface area is 151 Å². The third kappa shape index (κ3) is 3.88. The number of pyridine rings is 1. The molecule has 1 aromatic carbocycles. The molecule has 0 aliphatic rings. The number of carbonyl (C=O) groups excluding carboxylic acids is 1. The standard InChI is InChI=1S/C20H20N2O2S/c1-13-11-14(2)22-19(15-6-8-16(24-3)9-7-15)17(13)12-21-20(23)18-5-4-10-25-18/h4-11H,12H2,1-3H3,(H,21,23). The summed E-state index contributed by atoms with van der Waals surface area (Å²) in [4.78, 5) is 17.7. The molecule has 2 heterocycles. The van der Waals surface area contributed by atoms with Crippen LogP contribution in [0.3, 0.4) is 0 Å². The first-order chi connectivity index (χ1) is 12.1. The van der Waals surface area contributed by atoms with Crippen LogP contribution in [0.2, 0.25) is 0 Å². The van der Waals surface area contributed by atoms with E-state index >= 15 is 0 Å². The van der Waals surface area contributed by atoms with Gasteiger partial charge in [0.25, 0.3) is 5.91 Å². The van der Waals surface area contributed by atoms with Crippen molar-refractivity contribution in [3.8, 4) is 17.0 Å². The number of ether oxygens (including phenoxy) is 1. The normalized spacial score (nSPS) is 10.5. The van der Waals surface area contributed by atoms with Gasteiger partial charge in [-0.2, -0.15) is 0 Å². The van der Waals surface area contributed by atoms with Crippen LogP contribution in [0.4, 0.5) is 0 Å². The van der Waals surface area contributed by atoms with Crippen LogP contribution in [0.25, 0.3) is 11.3 Å². The first-order valence-electron chi connectivity index (χ1n) is 8.01. The molecule has 0 fully saturated rings. The van der Waals surface area contributed by atoms with Crippen LogP contribution in [0.1, 0.15) is 26.5 Å². The van der Waals surface area contributed by atoms with Crippen LogP contribution in [-0.2, 0) is 6.54 Å². The highest BCUT2D eigenvalue weighted by Crippen LogP contribution is 2.27. The van der Waals surface area contributed by atoms with Gasteiger partial charge in [-0.3, -0.25) is 9.78 Å². The summed E-state index contributed by atoms with van der Waals surface area (Å²) in [6.07, 6.45) is 0. The fraction of sp³-hybridized carbons (Fsp3) is 0.200. The average Bonchev–Trinajstić information content (AvgIpc) is 3.15. The van der Waals surface area contributed by atoms with E-state index in [1.165, 1.54) is 11.3 Å². The van der Waals surface area contributed by atoms with Crippen LogP contribution < -0.4 is 10.1 Å². The molecule has 1 amide bonds. The van der Waals surface area contributed by atoms with E-state index in [-0.39, 0.29) is 5.91 Å². The molecule has 0 atom stereocenters. The van der Waals surface area contributed by atoms with Gasteiger partial charge in [0.15, 0.2) is 0 Å². The Bertz CT molecular complexity index is 871. The summed E-state index contributed by atoms with van der Waals surface area (Å²) >= 11 is 1.44. The zero-order chi connectivity index (χ0) is 17.8. The van der Waals surface area contributed by atoms with E-state index < -0.39 is 0 Å². The molecule has 0 aliphatic heterocycles. The Hall–Kier alpha value is -2.66. The van der Waals surface area contributed by atoms with E-state index in [1.54, 1.807) is 7.11 Å². The summed E-state index contributed by atoms with van der Waals surface area (Å²) in [6, 6.07) is 13.6. The molecule has 0 aliphatic carbocycles. The molecular formula is C20H20N2O2S. The molecule has 0 spiro atoms. The molecule has 0 saturated heterocycles. The molecule has 0 unspecified atom stereocenters. The number of amides is 1. The van der Waals surface area contributed by atoms with Gasteiger partial charge in [0.05, 0.1) is 17.7 Å². The van der Waals surface area contributed by atoms with E-state index in [1.807, 2.05) is 61.7 Å². The maximum Gasteiger partial charge on any atom is 0.261 e. The molecule has 128 valence electrons. The van der Waals surface area contributed by atoms with E-state index in [0.717, 1.165) is 33.8 Å². The van der Waals surface area contributed by atoms with E-state index in [9.17, 15) is 4.79 Å². The predicted octanol–water partition coefficient (Wildman–Crippen LogP) is 4.37. The van der Waals surface area contributed by atoms with Crippen molar-refractivity contribution in [2.75, 3.05) is 7.11 Å². The van der Waals surface area contributed by atoms with Crippen molar-refractivity contribution in [1.29, 1.82) is 0 Å². The summed E-state index contributed by atoms with van der Waals surface area (Å²) in [7, 11) is 1.65. The molecule has 2 aromatic heterocycles. The molecular weight excluding hydrogens is 332 g/mol. The summed E-state index contributed by atoms with van der Waals surface area (Å²) in [5, 5.41) is 4.90. The monoisotopic (exact) mass is 352 g/mol. The van der Waals surface area contributed by atoms with Gasteiger partial charge in [0.2, 0.25) is 0 Å². The summed E-state index contributed by atoms with van der Waals surface area (Å²) in [5.41, 5.74) is 5.00. The molecule has 0 bridgehead atoms. The minimum absolute atomic E-state index is 0.0596. The van der Waals surface area contributed by atoms with Crippen LogP contribution in [0, 0.1) is 13.8 Å². The number of benzene rings is 1. The number of nitrogens with zero attached hydrogens (tertiary/aromatic N) is 1. The van der Waals surface area contributed by atoms with E-state index in [4.69, 9.17) is 9.72 Å². The zero-order valence-corrected chi connectivity index (χ0v) is 15.3. The Morgan fingerprint density at radius 1 is 1.20 bits per heavy atom. The highest BCUT2D eigenvalue weighted by atomic mass is 32.1. The van der Waals surface area contributed by atoms with Crippen molar-refractivity contribution >= 4 is 17.2 Å². The molecule has 0 radical (unpaired) electrons. The lowest BCUT2D eigenvalue weighted by Crippen LogP contribution is -2.23. The smallest absolute Gasteiger partial charge is 0.261 e. The first-order valence-corrected chi connectivity index (χ1v) is 8.89. The Kier molecular flexibility index (Phi) is 5.14. The minimum Gasteiger partial charge on any atom is -0.497 e. The zero-order valence-electron chi connectivity index (χ0n) is 14.5. The third-order valence-corrected chi connectivity index (χ3v) is 4.88. The Balaban J connectivity index is 1.90. The third-order valence-electron chi connectivity index (χ3n) is 4.01. The van der Waals surface area contributed by atoms with Crippen LogP contribution in [0.5, 0.6) is 5.75 Å². The van der Waals surface area contributed by atoms with Gasteiger partial charge in [-0.05, 0) is 61.2 Å². The Morgan fingerprint density at radius 3 is 2.60 bits per heavy atom. The fourth-order valence-corrected chi connectivity index (χ4v) is 3.38. The number of methoxy groups -OCH3 is 1. The minimum atomic E-state index is -0.0596. The van der Waals surface area contributed by atoms with Gasteiger partial charge in [0, 0.05) is 23.4 Å². The highest BCUT2D eigenvalue weighted by Gasteiger charge is 2.13. The number of hydrogen-bond donors (Lipinski definition) is 1. The van der Waals surface area contributed by atoms with Crippen LogP contribution >= 0.6 is 11.3 Å². The lowest BCUT2D eigenvalue weighted by molar-refractivity contribution is 0.0955. The second-order valence-corrected chi connectivity index (χ2v) is 6.74. The summed E-state index contributed by atoms with van der Waals surface area (Å²) in [6.45, 7) is 4.47. The predicted molar refractivity (Wildman–Crippen MR) is 101 cm³/mol. The highest BCUT2D eigenvalue weighted by molar-refractivity contribution is 7.12. The topological polar surface area (TPSA) is 51.2 Å². The number of hydrogen-bond acceptors (Lipinski definition) is 4. The number of rotatable bonds is 5.